The molecule has 0 radical (unpaired) electrons. The zero-order chi connectivity index (χ0) is 8.10. The molecule has 0 spiro atoms. The maximum Gasteiger partial charge on any atom is 0.232 e. The fourth-order valence-corrected chi connectivity index (χ4v) is 0.606. The van der Waals surface area contributed by atoms with Crippen LogP contribution in [0.5, 0.6) is 0 Å². The van der Waals surface area contributed by atoms with Crippen LogP contribution in [0, 0.1) is 5.41 Å². The van der Waals surface area contributed by atoms with Gasteiger partial charge in [-0.3, -0.25) is 5.41 Å². The summed E-state index contributed by atoms with van der Waals surface area (Å²) in [5.74, 6) is -0.283. The molecule has 0 amide bonds. The van der Waals surface area contributed by atoms with Crippen LogP contribution >= 0.6 is 0 Å². The molecule has 11 heavy (non-hydrogen) atoms. The predicted molar refractivity (Wildman–Crippen MR) is 42.9 cm³/mol. The molecule has 1 rings (SSSR count). The van der Waals surface area contributed by atoms with Gasteiger partial charge < -0.3 is 5.73 Å². The average Bonchev–Trinajstić information content (AvgIpc) is 2.03. The molecular formula is C7H8N4. The minimum absolute atomic E-state index is 0.283. The van der Waals surface area contributed by atoms with Crippen molar-refractivity contribution in [2.45, 2.75) is 0 Å². The standard InChI is InChI=1S/C7H8N4/c8-7(9)11-10-6-4-2-1-3-5-6/h1-5H,(H3,8,9). The Morgan fingerprint density at radius 2 is 1.91 bits per heavy atom. The van der Waals surface area contributed by atoms with Gasteiger partial charge in [0.1, 0.15) is 0 Å². The highest BCUT2D eigenvalue weighted by atomic mass is 15.2. The van der Waals surface area contributed by atoms with Gasteiger partial charge in [0, 0.05) is 0 Å². The van der Waals surface area contributed by atoms with E-state index in [2.05, 4.69) is 10.2 Å². The molecule has 0 aliphatic carbocycles. The van der Waals surface area contributed by atoms with Crippen molar-refractivity contribution in [3.05, 3.63) is 30.3 Å². The summed E-state index contributed by atoms with van der Waals surface area (Å²) in [5, 5.41) is 13.8. The maximum absolute atomic E-state index is 6.76. The van der Waals surface area contributed by atoms with E-state index in [1.165, 1.54) is 0 Å². The van der Waals surface area contributed by atoms with E-state index in [0.29, 0.717) is 5.69 Å². The largest absolute Gasteiger partial charge is 0.367 e. The van der Waals surface area contributed by atoms with Crippen molar-refractivity contribution in [3.63, 3.8) is 0 Å². The number of rotatable bonds is 1. The Morgan fingerprint density at radius 1 is 1.27 bits per heavy atom. The van der Waals surface area contributed by atoms with E-state index in [4.69, 9.17) is 11.1 Å². The normalized spacial score (nSPS) is 10.2. The van der Waals surface area contributed by atoms with E-state index in [1.807, 2.05) is 18.2 Å². The molecule has 0 aliphatic rings. The quantitative estimate of drug-likeness (QED) is 0.354. The highest BCUT2D eigenvalue weighted by Gasteiger charge is 1.84. The highest BCUT2D eigenvalue weighted by molar-refractivity contribution is 5.74. The SMILES string of the molecule is N=C(N)N=Nc1ccccc1. The van der Waals surface area contributed by atoms with Gasteiger partial charge in [0.05, 0.1) is 5.69 Å². The second kappa shape index (κ2) is 3.46. The summed E-state index contributed by atoms with van der Waals surface area (Å²) in [7, 11) is 0. The Bertz CT molecular complexity index is 265. The van der Waals surface area contributed by atoms with Crippen LogP contribution in [-0.2, 0) is 0 Å². The molecule has 1 aromatic carbocycles. The number of hydrogen-bond donors (Lipinski definition) is 2. The average molecular weight is 148 g/mol. The van der Waals surface area contributed by atoms with Crippen molar-refractivity contribution in [2.24, 2.45) is 16.0 Å². The summed E-state index contributed by atoms with van der Waals surface area (Å²) < 4.78 is 0. The van der Waals surface area contributed by atoms with Crippen molar-refractivity contribution in [1.82, 2.24) is 0 Å². The summed E-state index contributed by atoms with van der Waals surface area (Å²) >= 11 is 0. The first-order valence-electron chi connectivity index (χ1n) is 3.10. The van der Waals surface area contributed by atoms with Crippen molar-refractivity contribution in [2.75, 3.05) is 0 Å². The van der Waals surface area contributed by atoms with Crippen LogP contribution in [0.2, 0.25) is 0 Å². The van der Waals surface area contributed by atoms with E-state index in [0.717, 1.165) is 0 Å². The Hall–Kier alpha value is -1.71. The van der Waals surface area contributed by atoms with Crippen LogP contribution in [0.4, 0.5) is 5.69 Å². The second-order valence-corrected chi connectivity index (χ2v) is 1.92. The van der Waals surface area contributed by atoms with Crippen LogP contribution in [0.15, 0.2) is 40.6 Å². The molecule has 0 fully saturated rings. The van der Waals surface area contributed by atoms with Gasteiger partial charge in [-0.1, -0.05) is 18.2 Å². The predicted octanol–water partition coefficient (Wildman–Crippen LogP) is 1.66. The monoisotopic (exact) mass is 148 g/mol. The Balaban J connectivity index is 2.72. The third-order valence-electron chi connectivity index (χ3n) is 1.03. The minimum atomic E-state index is -0.283. The van der Waals surface area contributed by atoms with Crippen LogP contribution in [0.3, 0.4) is 0 Å². The Labute approximate surface area is 64.3 Å². The number of azo groups is 1. The van der Waals surface area contributed by atoms with E-state index in [9.17, 15) is 0 Å². The number of hydrogen-bond acceptors (Lipinski definition) is 2. The topological polar surface area (TPSA) is 74.6 Å². The minimum Gasteiger partial charge on any atom is -0.367 e. The molecule has 0 saturated carbocycles. The van der Waals surface area contributed by atoms with Gasteiger partial charge in [0.2, 0.25) is 5.96 Å². The fraction of sp³-hybridized carbons (Fsp3) is 0. The van der Waals surface area contributed by atoms with E-state index >= 15 is 0 Å². The number of nitrogens with zero attached hydrogens (tertiary/aromatic N) is 2. The van der Waals surface area contributed by atoms with E-state index in [-0.39, 0.29) is 5.96 Å². The lowest BCUT2D eigenvalue weighted by atomic mass is 10.3. The van der Waals surface area contributed by atoms with Gasteiger partial charge in [-0.05, 0) is 12.1 Å². The smallest absolute Gasteiger partial charge is 0.232 e. The molecule has 0 aliphatic heterocycles. The van der Waals surface area contributed by atoms with Crippen LogP contribution in [-0.4, -0.2) is 5.96 Å². The van der Waals surface area contributed by atoms with Crippen molar-refractivity contribution >= 4 is 11.6 Å². The van der Waals surface area contributed by atoms with Gasteiger partial charge in [0.25, 0.3) is 0 Å². The number of guanidine groups is 1. The first-order chi connectivity index (χ1) is 5.29. The zero-order valence-corrected chi connectivity index (χ0v) is 5.86. The maximum atomic E-state index is 6.76. The van der Waals surface area contributed by atoms with Gasteiger partial charge in [-0.25, -0.2) is 0 Å². The molecule has 56 valence electrons. The molecular weight excluding hydrogens is 140 g/mol. The number of nitrogens with one attached hydrogen (secondary N) is 1. The molecule has 0 atom stereocenters. The van der Waals surface area contributed by atoms with Crippen molar-refractivity contribution in [3.8, 4) is 0 Å². The Kier molecular flexibility index (Phi) is 2.32. The van der Waals surface area contributed by atoms with Gasteiger partial charge in [-0.2, -0.15) is 0 Å². The molecule has 0 saturated heterocycles. The molecule has 3 N–H and O–H groups in total. The number of benzene rings is 1. The van der Waals surface area contributed by atoms with Crippen LogP contribution in [0.1, 0.15) is 0 Å². The lowest BCUT2D eigenvalue weighted by Gasteiger charge is -1.87. The Morgan fingerprint density at radius 3 is 2.45 bits per heavy atom. The molecule has 0 heterocycles. The highest BCUT2D eigenvalue weighted by Crippen LogP contribution is 2.09. The third kappa shape index (κ3) is 2.57. The summed E-state index contributed by atoms with van der Waals surface area (Å²) in [6.07, 6.45) is 0. The van der Waals surface area contributed by atoms with Gasteiger partial charge >= 0.3 is 0 Å². The molecule has 4 nitrogen and oxygen atoms in total. The number of nitrogens with two attached hydrogens (primary N) is 1. The van der Waals surface area contributed by atoms with Gasteiger partial charge in [0.15, 0.2) is 0 Å². The molecule has 0 aromatic heterocycles. The van der Waals surface area contributed by atoms with E-state index in [1.54, 1.807) is 12.1 Å². The van der Waals surface area contributed by atoms with E-state index < -0.39 is 0 Å². The fourth-order valence-electron chi connectivity index (χ4n) is 0.606. The third-order valence-corrected chi connectivity index (χ3v) is 1.03. The van der Waals surface area contributed by atoms with Gasteiger partial charge in [-0.15, -0.1) is 10.2 Å². The first kappa shape index (κ1) is 7.40. The zero-order valence-electron chi connectivity index (χ0n) is 5.86. The summed E-state index contributed by atoms with van der Waals surface area (Å²) in [5.41, 5.74) is 5.66. The molecule has 0 unspecified atom stereocenters. The second-order valence-electron chi connectivity index (χ2n) is 1.92. The summed E-state index contributed by atoms with van der Waals surface area (Å²) in [6, 6.07) is 9.13. The van der Waals surface area contributed by atoms with Crippen molar-refractivity contribution in [1.29, 1.82) is 5.41 Å². The van der Waals surface area contributed by atoms with Crippen molar-refractivity contribution < 1.29 is 0 Å². The molecule has 1 aromatic rings. The van der Waals surface area contributed by atoms with Crippen LogP contribution in [0.25, 0.3) is 0 Å². The molecule has 4 heteroatoms. The first-order valence-corrected chi connectivity index (χ1v) is 3.10. The summed E-state index contributed by atoms with van der Waals surface area (Å²) in [6.45, 7) is 0. The molecule has 0 bridgehead atoms. The lowest BCUT2D eigenvalue weighted by molar-refractivity contribution is 1.22. The lowest BCUT2D eigenvalue weighted by Crippen LogP contribution is -2.03. The summed E-state index contributed by atoms with van der Waals surface area (Å²) in [4.78, 5) is 0. The van der Waals surface area contributed by atoms with Crippen LogP contribution < -0.4 is 5.73 Å².